The zero-order chi connectivity index (χ0) is 21.3. The molecule has 4 rings (SSSR count). The number of aryl methyl sites for hydroxylation is 1. The van der Waals surface area contributed by atoms with E-state index in [0.29, 0.717) is 17.0 Å². The number of hydrogen-bond donors (Lipinski definition) is 2. The average molecular weight is 405 g/mol. The normalized spacial score (nSPS) is 10.9. The molecular weight excluding hydrogens is 386 g/mol. The van der Waals surface area contributed by atoms with E-state index in [9.17, 15) is 14.7 Å². The Morgan fingerprint density at radius 3 is 2.60 bits per heavy atom. The zero-order valence-corrected chi connectivity index (χ0v) is 16.4. The Labute approximate surface area is 171 Å². The number of carbonyl (C=O) groups excluding carboxylic acids is 2. The van der Waals surface area contributed by atoms with E-state index in [4.69, 9.17) is 13.9 Å². The molecule has 1 amide bonds. The van der Waals surface area contributed by atoms with Crippen molar-refractivity contribution in [3.05, 3.63) is 65.7 Å². The van der Waals surface area contributed by atoms with E-state index in [2.05, 4.69) is 5.32 Å². The molecule has 30 heavy (non-hydrogen) atoms. The first-order chi connectivity index (χ1) is 14.5. The van der Waals surface area contributed by atoms with Crippen molar-refractivity contribution in [2.75, 3.05) is 19.0 Å². The minimum absolute atomic E-state index is 0.00493. The molecule has 0 saturated heterocycles. The molecule has 1 aromatic heterocycles. The Hall–Kier alpha value is -4.00. The Bertz CT molecular complexity index is 1270. The van der Waals surface area contributed by atoms with E-state index in [1.165, 1.54) is 19.2 Å². The lowest BCUT2D eigenvalue weighted by Crippen LogP contribution is -2.21. The number of benzene rings is 3. The van der Waals surface area contributed by atoms with Crippen LogP contribution in [0.4, 0.5) is 5.69 Å². The van der Waals surface area contributed by atoms with Crippen LogP contribution in [0.3, 0.4) is 0 Å². The Morgan fingerprint density at radius 1 is 1.03 bits per heavy atom. The zero-order valence-electron chi connectivity index (χ0n) is 16.4. The number of furan rings is 1. The fraction of sp³-hybridized carbons (Fsp3) is 0.130. The summed E-state index contributed by atoms with van der Waals surface area (Å²) < 4.78 is 16.2. The number of phenolic OH excluding ortho intramolecular Hbond substituents is 1. The highest BCUT2D eigenvalue weighted by atomic mass is 16.5. The number of amides is 1. The number of rotatable bonds is 5. The van der Waals surface area contributed by atoms with E-state index < -0.39 is 18.5 Å². The largest absolute Gasteiger partial charge is 0.507 e. The highest BCUT2D eigenvalue weighted by molar-refractivity contribution is 6.08. The second kappa shape index (κ2) is 7.79. The van der Waals surface area contributed by atoms with Gasteiger partial charge in [-0.2, -0.15) is 0 Å². The van der Waals surface area contributed by atoms with Gasteiger partial charge in [0.05, 0.1) is 12.8 Å². The molecule has 0 unspecified atom stereocenters. The molecule has 7 nitrogen and oxygen atoms in total. The maximum atomic E-state index is 12.3. The summed E-state index contributed by atoms with van der Waals surface area (Å²) in [6.45, 7) is 1.27. The second-order valence-corrected chi connectivity index (χ2v) is 6.79. The maximum absolute atomic E-state index is 12.3. The summed E-state index contributed by atoms with van der Waals surface area (Å²) in [5, 5.41) is 14.3. The lowest BCUT2D eigenvalue weighted by molar-refractivity contribution is -0.119. The summed E-state index contributed by atoms with van der Waals surface area (Å²) >= 11 is 0. The fourth-order valence-electron chi connectivity index (χ4n) is 3.23. The van der Waals surface area contributed by atoms with Crippen LogP contribution in [0.15, 0.2) is 59.0 Å². The van der Waals surface area contributed by atoms with Crippen LogP contribution in [0.2, 0.25) is 0 Å². The summed E-state index contributed by atoms with van der Waals surface area (Å²) in [4.78, 5) is 24.5. The Balaban J connectivity index is 1.51. The Kier molecular flexibility index (Phi) is 5.02. The van der Waals surface area contributed by atoms with Crippen LogP contribution in [0.25, 0.3) is 21.9 Å². The third kappa shape index (κ3) is 3.65. The number of anilines is 1. The van der Waals surface area contributed by atoms with Gasteiger partial charge in [0.25, 0.3) is 5.91 Å². The molecule has 0 aliphatic rings. The van der Waals surface area contributed by atoms with E-state index in [-0.39, 0.29) is 11.3 Å². The van der Waals surface area contributed by atoms with Crippen LogP contribution in [0.1, 0.15) is 15.9 Å². The molecule has 0 spiro atoms. The summed E-state index contributed by atoms with van der Waals surface area (Å²) in [5.74, 6) is -1.09. The molecule has 3 aromatic carbocycles. The van der Waals surface area contributed by atoms with E-state index in [1.54, 1.807) is 25.1 Å². The average Bonchev–Trinajstić information content (AvgIpc) is 3.08. The molecule has 0 fully saturated rings. The molecular formula is C23H19NO6. The van der Waals surface area contributed by atoms with Crippen molar-refractivity contribution in [2.45, 2.75) is 6.92 Å². The lowest BCUT2D eigenvalue weighted by Gasteiger charge is -2.11. The quantitative estimate of drug-likeness (QED) is 0.478. The van der Waals surface area contributed by atoms with Gasteiger partial charge in [-0.1, -0.05) is 24.3 Å². The minimum atomic E-state index is -0.789. The van der Waals surface area contributed by atoms with Gasteiger partial charge in [-0.05, 0) is 36.8 Å². The predicted molar refractivity (Wildman–Crippen MR) is 112 cm³/mol. The number of esters is 1. The SMILES string of the molecule is COc1cc2c(cc1NC(=O)COC(=O)c1ccc(C)cc1O)oc1ccccc12. The van der Waals surface area contributed by atoms with Crippen molar-refractivity contribution >= 4 is 39.5 Å². The van der Waals surface area contributed by atoms with Crippen LogP contribution in [0, 0.1) is 6.92 Å². The number of fused-ring (bicyclic) bond motifs is 3. The molecule has 7 heteroatoms. The van der Waals surface area contributed by atoms with Gasteiger partial charge in [0.2, 0.25) is 0 Å². The number of carbonyl (C=O) groups is 2. The van der Waals surface area contributed by atoms with Crippen LogP contribution < -0.4 is 10.1 Å². The summed E-state index contributed by atoms with van der Waals surface area (Å²) in [7, 11) is 1.50. The summed E-state index contributed by atoms with van der Waals surface area (Å²) in [6, 6.07) is 15.6. The number of phenols is 1. The standard InChI is InChI=1S/C23H19NO6/c1-13-7-8-15(18(25)9-13)23(27)29-12-22(26)24-17-11-20-16(10-21(17)28-2)14-5-3-4-6-19(14)30-20/h3-11,25H,12H2,1-2H3,(H,24,26). The van der Waals surface area contributed by atoms with Gasteiger partial charge in [0.1, 0.15) is 28.2 Å². The van der Waals surface area contributed by atoms with Crippen molar-refractivity contribution in [1.82, 2.24) is 0 Å². The third-order valence-corrected chi connectivity index (χ3v) is 4.68. The molecule has 0 bridgehead atoms. The molecule has 2 N–H and O–H groups in total. The molecule has 0 atom stereocenters. The molecule has 152 valence electrons. The highest BCUT2D eigenvalue weighted by Crippen LogP contribution is 2.36. The maximum Gasteiger partial charge on any atom is 0.342 e. The molecule has 0 aliphatic carbocycles. The number of nitrogens with one attached hydrogen (secondary N) is 1. The van der Waals surface area contributed by atoms with E-state index in [0.717, 1.165) is 21.9 Å². The van der Waals surface area contributed by atoms with Crippen molar-refractivity contribution in [1.29, 1.82) is 0 Å². The van der Waals surface area contributed by atoms with Gasteiger partial charge in [-0.3, -0.25) is 4.79 Å². The van der Waals surface area contributed by atoms with Gasteiger partial charge >= 0.3 is 5.97 Å². The molecule has 0 saturated carbocycles. The third-order valence-electron chi connectivity index (χ3n) is 4.68. The first kappa shape index (κ1) is 19.3. The van der Waals surface area contributed by atoms with Gasteiger partial charge in [-0.15, -0.1) is 0 Å². The predicted octanol–water partition coefficient (Wildman–Crippen LogP) is 4.40. The minimum Gasteiger partial charge on any atom is -0.507 e. The number of para-hydroxylation sites is 1. The second-order valence-electron chi connectivity index (χ2n) is 6.79. The molecule has 4 aromatic rings. The molecule has 0 radical (unpaired) electrons. The fourth-order valence-corrected chi connectivity index (χ4v) is 3.23. The molecule has 1 heterocycles. The monoisotopic (exact) mass is 405 g/mol. The first-order valence-corrected chi connectivity index (χ1v) is 9.22. The van der Waals surface area contributed by atoms with Crippen LogP contribution in [-0.4, -0.2) is 30.7 Å². The summed E-state index contributed by atoms with van der Waals surface area (Å²) in [5.41, 5.74) is 2.51. The number of methoxy groups -OCH3 is 1. The van der Waals surface area contributed by atoms with Gasteiger partial charge in [0, 0.05) is 16.8 Å². The first-order valence-electron chi connectivity index (χ1n) is 9.22. The molecule has 0 aliphatic heterocycles. The topological polar surface area (TPSA) is 98.0 Å². The highest BCUT2D eigenvalue weighted by Gasteiger charge is 2.17. The van der Waals surface area contributed by atoms with Crippen molar-refractivity contribution < 1.29 is 28.6 Å². The summed E-state index contributed by atoms with van der Waals surface area (Å²) in [6.07, 6.45) is 0. The van der Waals surface area contributed by atoms with Crippen molar-refractivity contribution in [3.63, 3.8) is 0 Å². The van der Waals surface area contributed by atoms with E-state index in [1.807, 2.05) is 24.3 Å². The van der Waals surface area contributed by atoms with Crippen molar-refractivity contribution in [2.24, 2.45) is 0 Å². The number of ether oxygens (including phenoxy) is 2. The van der Waals surface area contributed by atoms with Gasteiger partial charge < -0.3 is 24.3 Å². The van der Waals surface area contributed by atoms with Crippen molar-refractivity contribution in [3.8, 4) is 11.5 Å². The van der Waals surface area contributed by atoms with Crippen LogP contribution in [-0.2, 0) is 9.53 Å². The number of aromatic hydroxyl groups is 1. The Morgan fingerprint density at radius 2 is 1.83 bits per heavy atom. The lowest BCUT2D eigenvalue weighted by atomic mass is 10.1. The smallest absolute Gasteiger partial charge is 0.342 e. The van der Waals surface area contributed by atoms with Gasteiger partial charge in [0.15, 0.2) is 6.61 Å². The van der Waals surface area contributed by atoms with E-state index >= 15 is 0 Å². The van der Waals surface area contributed by atoms with Crippen LogP contribution >= 0.6 is 0 Å². The van der Waals surface area contributed by atoms with Gasteiger partial charge in [-0.25, -0.2) is 4.79 Å². The van der Waals surface area contributed by atoms with Crippen LogP contribution in [0.5, 0.6) is 11.5 Å². The number of hydrogen-bond acceptors (Lipinski definition) is 6.